The summed E-state index contributed by atoms with van der Waals surface area (Å²) in [5.41, 5.74) is 4.18. The van der Waals surface area contributed by atoms with E-state index in [1.165, 1.54) is 0 Å². The lowest BCUT2D eigenvalue weighted by Crippen LogP contribution is -2.10. The number of aromatic nitrogens is 3. The second kappa shape index (κ2) is 8.69. The smallest absolute Gasteiger partial charge is 0.193 e. The Morgan fingerprint density at radius 3 is 2.59 bits per heavy atom. The predicted octanol–water partition coefficient (Wildman–Crippen LogP) is 5.37. The highest BCUT2D eigenvalue weighted by molar-refractivity contribution is 6.30. The van der Waals surface area contributed by atoms with Gasteiger partial charge in [0, 0.05) is 22.3 Å². The van der Waals surface area contributed by atoms with Crippen LogP contribution in [0, 0.1) is 0 Å². The van der Waals surface area contributed by atoms with E-state index >= 15 is 0 Å². The Morgan fingerprint density at radius 2 is 1.78 bits per heavy atom. The topological polar surface area (TPSA) is 73.0 Å². The number of hydrogen-bond donors (Lipinski definition) is 1. The first-order valence-electron chi connectivity index (χ1n) is 10.1. The Hall–Kier alpha value is -3.90. The van der Waals surface area contributed by atoms with E-state index in [4.69, 9.17) is 16.0 Å². The zero-order chi connectivity index (χ0) is 21.9. The molecule has 0 fully saturated rings. The third-order valence-corrected chi connectivity index (χ3v) is 5.45. The molecular weight excluding hydrogens is 424 g/mol. The van der Waals surface area contributed by atoms with E-state index in [0.29, 0.717) is 34.8 Å². The molecule has 0 amide bonds. The van der Waals surface area contributed by atoms with E-state index in [1.54, 1.807) is 12.3 Å². The molecule has 0 radical (unpaired) electrons. The monoisotopic (exact) mass is 442 g/mol. The molecule has 0 saturated heterocycles. The molecular formula is C25H19ClN4O2. The van der Waals surface area contributed by atoms with Crippen molar-refractivity contribution in [3.8, 4) is 11.3 Å². The van der Waals surface area contributed by atoms with Gasteiger partial charge in [-0.25, -0.2) is 4.68 Å². The first-order chi connectivity index (χ1) is 15.7. The van der Waals surface area contributed by atoms with Crippen molar-refractivity contribution in [2.24, 2.45) is 0 Å². The van der Waals surface area contributed by atoms with Gasteiger partial charge < -0.3 is 9.73 Å². The molecule has 1 N–H and O–H groups in total. The Kier molecular flexibility index (Phi) is 5.44. The molecule has 2 aromatic heterocycles. The summed E-state index contributed by atoms with van der Waals surface area (Å²) in [5, 5.41) is 12.8. The second-order valence-electron chi connectivity index (χ2n) is 7.41. The molecule has 0 aliphatic carbocycles. The minimum Gasteiger partial charge on any atom is -0.456 e. The van der Waals surface area contributed by atoms with Gasteiger partial charge in [-0.2, -0.15) is 0 Å². The first-order valence-corrected chi connectivity index (χ1v) is 10.5. The molecule has 0 aliphatic rings. The van der Waals surface area contributed by atoms with Gasteiger partial charge in [0.1, 0.15) is 11.3 Å². The van der Waals surface area contributed by atoms with Crippen LogP contribution in [-0.2, 0) is 13.1 Å². The van der Waals surface area contributed by atoms with Crippen LogP contribution in [0.2, 0.25) is 5.02 Å². The zero-order valence-corrected chi connectivity index (χ0v) is 17.8. The molecule has 0 aliphatic heterocycles. The van der Waals surface area contributed by atoms with Crippen LogP contribution in [0.1, 0.15) is 11.3 Å². The third kappa shape index (κ3) is 4.26. The first kappa shape index (κ1) is 20.0. The van der Waals surface area contributed by atoms with Gasteiger partial charge in [0.05, 0.1) is 30.4 Å². The maximum absolute atomic E-state index is 12.8. The minimum absolute atomic E-state index is 0.0739. The van der Waals surface area contributed by atoms with E-state index < -0.39 is 0 Å². The van der Waals surface area contributed by atoms with Crippen LogP contribution in [0.5, 0.6) is 0 Å². The van der Waals surface area contributed by atoms with Crippen molar-refractivity contribution in [1.29, 1.82) is 0 Å². The third-order valence-electron chi connectivity index (χ3n) is 5.20. The Bertz CT molecular complexity index is 1430. The Balaban J connectivity index is 1.37. The lowest BCUT2D eigenvalue weighted by atomic mass is 10.1. The summed E-state index contributed by atoms with van der Waals surface area (Å²) >= 11 is 5.94. The number of halogens is 1. The van der Waals surface area contributed by atoms with Gasteiger partial charge in [-0.15, -0.1) is 5.10 Å². The number of hydrogen-bond acceptors (Lipinski definition) is 5. The molecule has 0 bridgehead atoms. The van der Waals surface area contributed by atoms with Crippen LogP contribution in [0.4, 0.5) is 5.69 Å². The molecule has 0 atom stereocenters. The van der Waals surface area contributed by atoms with Gasteiger partial charge in [0.15, 0.2) is 5.43 Å². The summed E-state index contributed by atoms with van der Waals surface area (Å²) in [6.07, 6.45) is 1.73. The van der Waals surface area contributed by atoms with Gasteiger partial charge >= 0.3 is 0 Å². The normalized spacial score (nSPS) is 11.0. The fourth-order valence-electron chi connectivity index (χ4n) is 3.53. The maximum atomic E-state index is 12.8. The van der Waals surface area contributed by atoms with E-state index in [1.807, 2.05) is 77.5 Å². The molecule has 32 heavy (non-hydrogen) atoms. The van der Waals surface area contributed by atoms with Crippen molar-refractivity contribution in [3.63, 3.8) is 0 Å². The Morgan fingerprint density at radius 1 is 0.969 bits per heavy atom. The van der Waals surface area contributed by atoms with Crippen LogP contribution >= 0.6 is 11.6 Å². The molecule has 0 saturated carbocycles. The van der Waals surface area contributed by atoms with Crippen LogP contribution in [0.25, 0.3) is 22.3 Å². The van der Waals surface area contributed by atoms with Crippen molar-refractivity contribution in [2.75, 3.05) is 5.32 Å². The van der Waals surface area contributed by atoms with E-state index in [-0.39, 0.29) is 5.43 Å². The number of anilines is 1. The largest absolute Gasteiger partial charge is 0.456 e. The van der Waals surface area contributed by atoms with Crippen molar-refractivity contribution >= 4 is 28.3 Å². The van der Waals surface area contributed by atoms with Crippen molar-refractivity contribution in [3.05, 3.63) is 112 Å². The summed E-state index contributed by atoms with van der Waals surface area (Å²) in [6, 6.07) is 24.3. The summed E-state index contributed by atoms with van der Waals surface area (Å²) in [4.78, 5) is 12.8. The summed E-state index contributed by atoms with van der Waals surface area (Å²) in [6.45, 7) is 1.05. The highest BCUT2D eigenvalue weighted by Crippen LogP contribution is 2.23. The van der Waals surface area contributed by atoms with E-state index in [0.717, 1.165) is 22.5 Å². The van der Waals surface area contributed by atoms with Crippen LogP contribution in [0.15, 0.2) is 94.3 Å². The number of benzene rings is 3. The molecule has 3 aromatic carbocycles. The highest BCUT2D eigenvalue weighted by atomic mass is 35.5. The van der Waals surface area contributed by atoms with Gasteiger partial charge in [0.2, 0.25) is 0 Å². The van der Waals surface area contributed by atoms with Gasteiger partial charge in [-0.1, -0.05) is 53.2 Å². The standard InChI is InChI=1S/C25H19ClN4O2/c26-19-7-9-20(10-8-19)27-14-21-15-28-29-30(21)16-17-6-11-24-22(12-17)23(31)13-25(32-24)18-4-2-1-3-5-18/h1-13,15,27H,14,16H2. The van der Waals surface area contributed by atoms with Crippen LogP contribution in [0.3, 0.4) is 0 Å². The SMILES string of the molecule is O=c1cc(-c2ccccc2)oc2ccc(Cn3nncc3CNc3ccc(Cl)cc3)cc12. The number of fused-ring (bicyclic) bond motifs is 1. The van der Waals surface area contributed by atoms with Crippen LogP contribution in [-0.4, -0.2) is 15.0 Å². The van der Waals surface area contributed by atoms with E-state index in [2.05, 4.69) is 15.6 Å². The minimum atomic E-state index is -0.0739. The molecule has 7 heteroatoms. The number of nitrogens with one attached hydrogen (secondary N) is 1. The van der Waals surface area contributed by atoms with Gasteiger partial charge in [0.25, 0.3) is 0 Å². The summed E-state index contributed by atoms with van der Waals surface area (Å²) < 4.78 is 7.79. The van der Waals surface area contributed by atoms with Crippen LogP contribution < -0.4 is 10.7 Å². The number of nitrogens with zero attached hydrogens (tertiary/aromatic N) is 3. The highest BCUT2D eigenvalue weighted by Gasteiger charge is 2.10. The fraction of sp³-hybridized carbons (Fsp3) is 0.0800. The average Bonchev–Trinajstić information content (AvgIpc) is 3.26. The lowest BCUT2D eigenvalue weighted by molar-refractivity contribution is 0.614. The molecule has 5 aromatic rings. The maximum Gasteiger partial charge on any atom is 0.193 e. The van der Waals surface area contributed by atoms with E-state index in [9.17, 15) is 4.79 Å². The zero-order valence-electron chi connectivity index (χ0n) is 17.0. The van der Waals surface area contributed by atoms with Gasteiger partial charge in [-0.05, 0) is 42.0 Å². The number of rotatable bonds is 6. The van der Waals surface area contributed by atoms with Gasteiger partial charge in [-0.3, -0.25) is 4.79 Å². The fourth-order valence-corrected chi connectivity index (χ4v) is 3.65. The molecule has 5 rings (SSSR count). The molecule has 158 valence electrons. The predicted molar refractivity (Wildman–Crippen MR) is 126 cm³/mol. The molecule has 0 spiro atoms. The quantitative estimate of drug-likeness (QED) is 0.383. The Labute approximate surface area is 189 Å². The molecule has 6 nitrogen and oxygen atoms in total. The molecule has 2 heterocycles. The average molecular weight is 443 g/mol. The summed E-state index contributed by atoms with van der Waals surface area (Å²) in [5.74, 6) is 0.558. The van der Waals surface area contributed by atoms with Crippen molar-refractivity contribution in [2.45, 2.75) is 13.1 Å². The molecule has 0 unspecified atom stereocenters. The summed E-state index contributed by atoms with van der Waals surface area (Å²) in [7, 11) is 0. The van der Waals surface area contributed by atoms with Crippen molar-refractivity contribution < 1.29 is 4.42 Å². The lowest BCUT2D eigenvalue weighted by Gasteiger charge is -2.10. The second-order valence-corrected chi connectivity index (χ2v) is 7.85. The van der Waals surface area contributed by atoms with Crippen molar-refractivity contribution in [1.82, 2.24) is 15.0 Å².